The number of benzene rings is 2. The Balaban J connectivity index is 1.35. The highest BCUT2D eigenvalue weighted by molar-refractivity contribution is 6.31. The molecule has 0 aliphatic heterocycles. The Bertz CT molecular complexity index is 1070. The molecule has 2 aromatic heterocycles. The molecule has 4 rings (SSSR count). The van der Waals surface area contributed by atoms with Gasteiger partial charge >= 0.3 is 0 Å². The number of hydrogen-bond donors (Lipinski definition) is 1. The molecule has 0 bridgehead atoms. The summed E-state index contributed by atoms with van der Waals surface area (Å²) in [5, 5.41) is 15.7. The molecule has 0 spiro atoms. The first-order valence-electron chi connectivity index (χ1n) is 8.70. The molecule has 140 valence electrons. The van der Waals surface area contributed by atoms with Crippen molar-refractivity contribution in [1.29, 1.82) is 0 Å². The number of rotatable bonds is 6. The van der Waals surface area contributed by atoms with Gasteiger partial charge in [0.15, 0.2) is 5.69 Å². The van der Waals surface area contributed by atoms with Crippen LogP contribution >= 0.6 is 11.6 Å². The second kappa shape index (κ2) is 8.06. The summed E-state index contributed by atoms with van der Waals surface area (Å²) in [6, 6.07) is 17.2. The van der Waals surface area contributed by atoms with Crippen LogP contribution in [0.5, 0.6) is 0 Å². The number of carbonyl (C=O) groups is 1. The molecule has 0 aliphatic rings. The predicted molar refractivity (Wildman–Crippen MR) is 105 cm³/mol. The number of nitrogens with one attached hydrogen (secondary N) is 1. The summed E-state index contributed by atoms with van der Waals surface area (Å²) in [6.07, 6.45) is 5.22. The third-order valence-electron chi connectivity index (χ3n) is 4.22. The van der Waals surface area contributed by atoms with Gasteiger partial charge in [-0.15, -0.1) is 5.10 Å². The fraction of sp³-hybridized carbons (Fsp3) is 0.100. The van der Waals surface area contributed by atoms with Gasteiger partial charge < -0.3 is 5.32 Å². The minimum atomic E-state index is -0.276. The molecule has 0 radical (unpaired) electrons. The maximum atomic E-state index is 12.3. The van der Waals surface area contributed by atoms with Gasteiger partial charge in [-0.25, -0.2) is 9.36 Å². The summed E-state index contributed by atoms with van der Waals surface area (Å²) >= 11 is 6.16. The van der Waals surface area contributed by atoms with Crippen molar-refractivity contribution in [2.24, 2.45) is 0 Å². The van der Waals surface area contributed by atoms with Crippen molar-refractivity contribution in [3.05, 3.63) is 95.0 Å². The molecule has 4 aromatic rings. The average molecular weight is 393 g/mol. The Hall–Kier alpha value is -3.45. The van der Waals surface area contributed by atoms with E-state index in [-0.39, 0.29) is 11.6 Å². The summed E-state index contributed by atoms with van der Waals surface area (Å²) < 4.78 is 3.37. The highest BCUT2D eigenvalue weighted by atomic mass is 35.5. The zero-order valence-corrected chi connectivity index (χ0v) is 15.6. The molecule has 0 atom stereocenters. The highest BCUT2D eigenvalue weighted by Gasteiger charge is 2.11. The van der Waals surface area contributed by atoms with Gasteiger partial charge in [0.25, 0.3) is 5.91 Å². The van der Waals surface area contributed by atoms with E-state index in [2.05, 4.69) is 20.7 Å². The molecule has 8 heteroatoms. The molecule has 2 heterocycles. The van der Waals surface area contributed by atoms with Gasteiger partial charge in [0.2, 0.25) is 0 Å². The number of nitrogens with zero attached hydrogens (tertiary/aromatic N) is 5. The van der Waals surface area contributed by atoms with Crippen molar-refractivity contribution in [3.63, 3.8) is 0 Å². The monoisotopic (exact) mass is 392 g/mol. The SMILES string of the molecule is O=C(NCc1ccc(-n2cccn2)cc1)c1cn(Cc2ccccc2Cl)nn1. The van der Waals surface area contributed by atoms with Crippen LogP contribution in [-0.2, 0) is 13.1 Å². The zero-order chi connectivity index (χ0) is 19.3. The lowest BCUT2D eigenvalue weighted by Crippen LogP contribution is -2.23. The van der Waals surface area contributed by atoms with Gasteiger partial charge in [-0.1, -0.05) is 47.1 Å². The van der Waals surface area contributed by atoms with Crippen LogP contribution < -0.4 is 5.32 Å². The summed E-state index contributed by atoms with van der Waals surface area (Å²) in [5.41, 5.74) is 3.12. The van der Waals surface area contributed by atoms with E-state index in [0.717, 1.165) is 16.8 Å². The molecule has 1 amide bonds. The summed E-state index contributed by atoms with van der Waals surface area (Å²) in [7, 11) is 0. The summed E-state index contributed by atoms with van der Waals surface area (Å²) in [4.78, 5) is 12.3. The molecule has 7 nitrogen and oxygen atoms in total. The van der Waals surface area contributed by atoms with E-state index in [1.807, 2.05) is 60.8 Å². The van der Waals surface area contributed by atoms with Crippen LogP contribution in [0.15, 0.2) is 73.2 Å². The van der Waals surface area contributed by atoms with Crippen LogP contribution in [0.2, 0.25) is 5.02 Å². The smallest absolute Gasteiger partial charge is 0.273 e. The van der Waals surface area contributed by atoms with E-state index in [9.17, 15) is 4.79 Å². The van der Waals surface area contributed by atoms with E-state index in [1.54, 1.807) is 21.8 Å². The van der Waals surface area contributed by atoms with Crippen molar-refractivity contribution < 1.29 is 4.79 Å². The largest absolute Gasteiger partial charge is 0.347 e. The molecule has 0 saturated heterocycles. The molecule has 2 aromatic carbocycles. The van der Waals surface area contributed by atoms with Crippen LogP contribution in [0, 0.1) is 0 Å². The van der Waals surface area contributed by atoms with Gasteiger partial charge in [-0.05, 0) is 35.4 Å². The molecular weight excluding hydrogens is 376 g/mol. The van der Waals surface area contributed by atoms with Crippen LogP contribution in [-0.4, -0.2) is 30.7 Å². The Morgan fingerprint density at radius 2 is 1.89 bits per heavy atom. The van der Waals surface area contributed by atoms with E-state index in [0.29, 0.717) is 18.1 Å². The number of aromatic nitrogens is 5. The molecule has 0 saturated carbocycles. The van der Waals surface area contributed by atoms with Crippen molar-refractivity contribution in [1.82, 2.24) is 30.1 Å². The van der Waals surface area contributed by atoms with Crippen molar-refractivity contribution >= 4 is 17.5 Å². The van der Waals surface area contributed by atoms with Gasteiger partial charge in [-0.2, -0.15) is 5.10 Å². The minimum absolute atomic E-state index is 0.264. The molecule has 1 N–H and O–H groups in total. The van der Waals surface area contributed by atoms with E-state index >= 15 is 0 Å². The third-order valence-corrected chi connectivity index (χ3v) is 4.59. The molecule has 0 unspecified atom stereocenters. The lowest BCUT2D eigenvalue weighted by atomic mass is 10.2. The zero-order valence-electron chi connectivity index (χ0n) is 14.9. The molecule has 0 fully saturated rings. The van der Waals surface area contributed by atoms with Crippen LogP contribution in [0.4, 0.5) is 0 Å². The Morgan fingerprint density at radius 3 is 2.64 bits per heavy atom. The number of amides is 1. The molecule has 0 aliphatic carbocycles. The summed E-state index contributed by atoms with van der Waals surface area (Å²) in [6.45, 7) is 0.852. The predicted octanol–water partition coefficient (Wildman–Crippen LogP) is 3.10. The fourth-order valence-electron chi connectivity index (χ4n) is 2.74. The van der Waals surface area contributed by atoms with Crippen molar-refractivity contribution in [3.8, 4) is 5.69 Å². The number of carbonyl (C=O) groups excluding carboxylic acids is 1. The van der Waals surface area contributed by atoms with E-state index < -0.39 is 0 Å². The third kappa shape index (κ3) is 4.10. The minimum Gasteiger partial charge on any atom is -0.347 e. The molecular formula is C20H17ClN6O. The van der Waals surface area contributed by atoms with Crippen LogP contribution in [0.25, 0.3) is 5.69 Å². The topological polar surface area (TPSA) is 77.6 Å². The lowest BCUT2D eigenvalue weighted by Gasteiger charge is -2.05. The van der Waals surface area contributed by atoms with Crippen LogP contribution in [0.3, 0.4) is 0 Å². The van der Waals surface area contributed by atoms with Crippen molar-refractivity contribution in [2.45, 2.75) is 13.1 Å². The number of halogens is 1. The lowest BCUT2D eigenvalue weighted by molar-refractivity contribution is 0.0946. The maximum Gasteiger partial charge on any atom is 0.273 e. The standard InChI is InChI=1S/C20H17ClN6O/c21-18-5-2-1-4-16(18)13-26-14-19(24-25-26)20(28)22-12-15-6-8-17(9-7-15)27-11-3-10-23-27/h1-11,14H,12-13H2,(H,22,28). The second-order valence-electron chi connectivity index (χ2n) is 6.19. The van der Waals surface area contributed by atoms with E-state index in [1.165, 1.54) is 0 Å². The van der Waals surface area contributed by atoms with E-state index in [4.69, 9.17) is 11.6 Å². The van der Waals surface area contributed by atoms with Gasteiger partial charge in [0, 0.05) is 24.0 Å². The van der Waals surface area contributed by atoms with Gasteiger partial charge in [0.05, 0.1) is 18.4 Å². The Labute approximate surface area is 166 Å². The quantitative estimate of drug-likeness (QED) is 0.547. The molecule has 28 heavy (non-hydrogen) atoms. The first kappa shape index (κ1) is 17.9. The van der Waals surface area contributed by atoms with Crippen LogP contribution in [0.1, 0.15) is 21.6 Å². The highest BCUT2D eigenvalue weighted by Crippen LogP contribution is 2.15. The summed E-state index contributed by atoms with van der Waals surface area (Å²) in [5.74, 6) is -0.276. The fourth-order valence-corrected chi connectivity index (χ4v) is 2.94. The second-order valence-corrected chi connectivity index (χ2v) is 6.60. The van der Waals surface area contributed by atoms with Gasteiger partial charge in [0.1, 0.15) is 0 Å². The Morgan fingerprint density at radius 1 is 1.07 bits per heavy atom. The number of hydrogen-bond acceptors (Lipinski definition) is 4. The normalized spacial score (nSPS) is 10.8. The maximum absolute atomic E-state index is 12.3. The first-order chi connectivity index (χ1) is 13.7. The first-order valence-corrected chi connectivity index (χ1v) is 9.07. The van der Waals surface area contributed by atoms with Gasteiger partial charge in [-0.3, -0.25) is 4.79 Å². The van der Waals surface area contributed by atoms with Crippen molar-refractivity contribution in [2.75, 3.05) is 0 Å². The average Bonchev–Trinajstić information content (AvgIpc) is 3.41. The Kier molecular flexibility index (Phi) is 5.16.